The van der Waals surface area contributed by atoms with Crippen molar-refractivity contribution in [3.8, 4) is 0 Å². The third kappa shape index (κ3) is 4.24. The zero-order chi connectivity index (χ0) is 23.7. The van der Waals surface area contributed by atoms with Crippen LogP contribution in [-0.4, -0.2) is 48.6 Å². The van der Waals surface area contributed by atoms with Gasteiger partial charge >= 0.3 is 0 Å². The Morgan fingerprint density at radius 1 is 0.912 bits per heavy atom. The first-order valence-electron chi connectivity index (χ1n) is 11.3. The number of carbonyl (C=O) groups is 2. The molecule has 0 saturated carbocycles. The summed E-state index contributed by atoms with van der Waals surface area (Å²) in [5.74, 6) is -0.523. The number of sulfonamides is 1. The van der Waals surface area contributed by atoms with E-state index in [9.17, 15) is 18.0 Å². The number of benzene rings is 2. The SMILES string of the molecule is O=C(Nc1ccc(S(=O)(=O)N2CCCC2)cc1)[C@H]1Cc2ccccc2CN1C(=O)c1ccco1. The van der Waals surface area contributed by atoms with Gasteiger partial charge in [-0.3, -0.25) is 9.59 Å². The number of hydrogen-bond acceptors (Lipinski definition) is 5. The van der Waals surface area contributed by atoms with Crippen molar-refractivity contribution >= 4 is 27.5 Å². The molecule has 0 unspecified atom stereocenters. The molecule has 2 aliphatic heterocycles. The molecule has 3 heterocycles. The minimum absolute atomic E-state index is 0.175. The van der Waals surface area contributed by atoms with Gasteiger partial charge in [0.1, 0.15) is 6.04 Å². The molecule has 1 aromatic heterocycles. The Kier molecular flexibility index (Phi) is 5.97. The Morgan fingerprint density at radius 3 is 2.29 bits per heavy atom. The Balaban J connectivity index is 1.36. The summed E-state index contributed by atoms with van der Waals surface area (Å²) in [4.78, 5) is 28.1. The molecule has 176 valence electrons. The van der Waals surface area contributed by atoms with Crippen molar-refractivity contribution < 1.29 is 22.4 Å². The van der Waals surface area contributed by atoms with Crippen molar-refractivity contribution in [1.82, 2.24) is 9.21 Å². The largest absolute Gasteiger partial charge is 0.459 e. The van der Waals surface area contributed by atoms with Gasteiger partial charge in [-0.25, -0.2) is 8.42 Å². The number of anilines is 1. The van der Waals surface area contributed by atoms with Crippen LogP contribution in [0.2, 0.25) is 0 Å². The second-order valence-electron chi connectivity index (χ2n) is 8.52. The highest BCUT2D eigenvalue weighted by Crippen LogP contribution is 2.27. The number of amides is 2. The molecular formula is C25H25N3O5S. The van der Waals surface area contributed by atoms with E-state index in [1.165, 1.54) is 27.6 Å². The lowest BCUT2D eigenvalue weighted by atomic mass is 9.93. The van der Waals surface area contributed by atoms with E-state index in [0.717, 1.165) is 24.0 Å². The fourth-order valence-corrected chi connectivity index (χ4v) is 6.04. The zero-order valence-electron chi connectivity index (χ0n) is 18.5. The van der Waals surface area contributed by atoms with Crippen LogP contribution in [0.1, 0.15) is 34.5 Å². The molecule has 2 amide bonds. The lowest BCUT2D eigenvalue weighted by molar-refractivity contribution is -0.121. The predicted molar refractivity (Wildman–Crippen MR) is 126 cm³/mol. The first-order chi connectivity index (χ1) is 16.4. The fraction of sp³-hybridized carbons (Fsp3) is 0.280. The summed E-state index contributed by atoms with van der Waals surface area (Å²) in [6.07, 6.45) is 3.53. The predicted octanol–water partition coefficient (Wildman–Crippen LogP) is 3.27. The molecule has 2 aromatic carbocycles. The third-order valence-electron chi connectivity index (χ3n) is 6.37. The molecule has 34 heavy (non-hydrogen) atoms. The van der Waals surface area contributed by atoms with Gasteiger partial charge in [-0.15, -0.1) is 0 Å². The van der Waals surface area contributed by atoms with E-state index in [2.05, 4.69) is 5.32 Å². The van der Waals surface area contributed by atoms with Crippen LogP contribution in [0.25, 0.3) is 0 Å². The van der Waals surface area contributed by atoms with Crippen LogP contribution >= 0.6 is 0 Å². The lowest BCUT2D eigenvalue weighted by Gasteiger charge is -2.35. The number of hydrogen-bond donors (Lipinski definition) is 1. The second-order valence-corrected chi connectivity index (χ2v) is 10.5. The van der Waals surface area contributed by atoms with E-state index in [0.29, 0.717) is 31.7 Å². The van der Waals surface area contributed by atoms with Gasteiger partial charge in [-0.1, -0.05) is 24.3 Å². The molecule has 0 radical (unpaired) electrons. The van der Waals surface area contributed by atoms with Crippen molar-refractivity contribution in [2.24, 2.45) is 0 Å². The van der Waals surface area contributed by atoms with E-state index in [1.54, 1.807) is 24.3 Å². The molecule has 0 spiro atoms. The molecule has 0 aliphatic carbocycles. The first-order valence-corrected chi connectivity index (χ1v) is 12.7. The van der Waals surface area contributed by atoms with Crippen molar-refractivity contribution in [1.29, 1.82) is 0 Å². The monoisotopic (exact) mass is 479 g/mol. The van der Waals surface area contributed by atoms with Gasteiger partial charge < -0.3 is 14.6 Å². The van der Waals surface area contributed by atoms with Crippen LogP contribution in [0, 0.1) is 0 Å². The lowest BCUT2D eigenvalue weighted by Crippen LogP contribution is -2.50. The molecule has 1 saturated heterocycles. The number of nitrogens with one attached hydrogen (secondary N) is 1. The molecule has 8 nitrogen and oxygen atoms in total. The number of fused-ring (bicyclic) bond motifs is 1. The summed E-state index contributed by atoms with van der Waals surface area (Å²) in [6, 6.07) is 16.4. The summed E-state index contributed by atoms with van der Waals surface area (Å²) >= 11 is 0. The Hall–Kier alpha value is -3.43. The smallest absolute Gasteiger partial charge is 0.290 e. The van der Waals surface area contributed by atoms with E-state index in [1.807, 2.05) is 24.3 Å². The minimum atomic E-state index is -3.53. The summed E-state index contributed by atoms with van der Waals surface area (Å²) in [5.41, 5.74) is 2.47. The zero-order valence-corrected chi connectivity index (χ0v) is 19.3. The Labute approximate surface area is 198 Å². The maximum atomic E-state index is 13.3. The van der Waals surface area contributed by atoms with Crippen molar-refractivity contribution in [3.63, 3.8) is 0 Å². The second kappa shape index (κ2) is 9.08. The van der Waals surface area contributed by atoms with Gasteiger partial charge in [0.2, 0.25) is 15.9 Å². The average Bonchev–Trinajstić information content (AvgIpc) is 3.58. The number of nitrogens with zero attached hydrogens (tertiary/aromatic N) is 2. The van der Waals surface area contributed by atoms with Gasteiger partial charge in [0.05, 0.1) is 11.2 Å². The van der Waals surface area contributed by atoms with Gasteiger partial charge in [-0.2, -0.15) is 4.31 Å². The topological polar surface area (TPSA) is 99.9 Å². The standard InChI is InChI=1S/C25H25N3O5S/c29-24(26-20-9-11-21(12-10-20)34(31,32)27-13-3-4-14-27)22-16-18-6-1-2-7-19(18)17-28(22)25(30)23-8-5-15-33-23/h1-2,5-12,15,22H,3-4,13-14,16-17H2,(H,26,29)/t22-/m1/s1. The average molecular weight is 480 g/mol. The number of furan rings is 1. The molecular weight excluding hydrogens is 454 g/mol. The van der Waals surface area contributed by atoms with Crippen LogP contribution in [0.4, 0.5) is 5.69 Å². The van der Waals surface area contributed by atoms with E-state index in [4.69, 9.17) is 4.42 Å². The minimum Gasteiger partial charge on any atom is -0.459 e. The molecule has 1 atom stereocenters. The van der Waals surface area contributed by atoms with E-state index in [-0.39, 0.29) is 22.5 Å². The number of rotatable bonds is 5. The van der Waals surface area contributed by atoms with Crippen molar-refractivity contribution in [3.05, 3.63) is 83.8 Å². The highest BCUT2D eigenvalue weighted by atomic mass is 32.2. The van der Waals surface area contributed by atoms with E-state index >= 15 is 0 Å². The number of carbonyl (C=O) groups excluding carboxylic acids is 2. The van der Waals surface area contributed by atoms with Crippen molar-refractivity contribution in [2.45, 2.75) is 36.7 Å². The molecule has 9 heteroatoms. The summed E-state index contributed by atoms with van der Waals surface area (Å²) in [7, 11) is -3.53. The Morgan fingerprint density at radius 2 is 1.62 bits per heavy atom. The van der Waals surface area contributed by atoms with Gasteiger partial charge in [0.25, 0.3) is 5.91 Å². The van der Waals surface area contributed by atoms with Crippen LogP contribution in [0.5, 0.6) is 0 Å². The highest BCUT2D eigenvalue weighted by Gasteiger charge is 2.36. The van der Waals surface area contributed by atoms with Gasteiger partial charge in [0, 0.05) is 31.7 Å². The summed E-state index contributed by atoms with van der Waals surface area (Å²) in [6.45, 7) is 1.35. The summed E-state index contributed by atoms with van der Waals surface area (Å²) in [5, 5.41) is 2.85. The summed E-state index contributed by atoms with van der Waals surface area (Å²) < 4.78 is 32.3. The van der Waals surface area contributed by atoms with Crippen LogP contribution in [0.15, 0.2) is 76.2 Å². The molecule has 1 N–H and O–H groups in total. The maximum absolute atomic E-state index is 13.3. The molecule has 3 aromatic rings. The first kappa shape index (κ1) is 22.4. The van der Waals surface area contributed by atoms with Crippen LogP contribution in [-0.2, 0) is 27.8 Å². The molecule has 1 fully saturated rings. The van der Waals surface area contributed by atoms with Crippen molar-refractivity contribution in [2.75, 3.05) is 18.4 Å². The fourth-order valence-electron chi connectivity index (χ4n) is 4.53. The van der Waals surface area contributed by atoms with E-state index < -0.39 is 16.1 Å². The molecule has 2 aliphatic rings. The van der Waals surface area contributed by atoms with Crippen LogP contribution < -0.4 is 5.32 Å². The Bertz CT molecular complexity index is 1300. The normalized spacial score (nSPS) is 18.5. The van der Waals surface area contributed by atoms with Gasteiger partial charge in [0.15, 0.2) is 5.76 Å². The molecule has 5 rings (SSSR count). The molecule has 0 bridgehead atoms. The highest BCUT2D eigenvalue weighted by molar-refractivity contribution is 7.89. The maximum Gasteiger partial charge on any atom is 0.290 e. The van der Waals surface area contributed by atoms with Gasteiger partial charge in [-0.05, 0) is 60.4 Å². The quantitative estimate of drug-likeness (QED) is 0.606. The van der Waals surface area contributed by atoms with Crippen LogP contribution in [0.3, 0.4) is 0 Å². The third-order valence-corrected chi connectivity index (χ3v) is 8.28.